The Morgan fingerprint density at radius 2 is 1.95 bits per heavy atom. The largest absolute Gasteiger partial charge is 0.497 e. The summed E-state index contributed by atoms with van der Waals surface area (Å²) in [5, 5.41) is 0. The highest BCUT2D eigenvalue weighted by molar-refractivity contribution is 5.48. The first-order valence-corrected chi connectivity index (χ1v) is 6.28. The highest BCUT2D eigenvalue weighted by Crippen LogP contribution is 2.19. The lowest BCUT2D eigenvalue weighted by atomic mass is 10.3. The number of nitrogens with zero attached hydrogens (tertiary/aromatic N) is 3. The van der Waals surface area contributed by atoms with Gasteiger partial charge in [0.1, 0.15) is 17.4 Å². The van der Waals surface area contributed by atoms with Crippen LogP contribution in [-0.2, 0) is 6.54 Å². The molecule has 0 aliphatic rings. The summed E-state index contributed by atoms with van der Waals surface area (Å²) in [6.07, 6.45) is 0. The average molecular weight is 273 g/mol. The van der Waals surface area contributed by atoms with Gasteiger partial charge in [-0.25, -0.2) is 15.8 Å². The van der Waals surface area contributed by atoms with Gasteiger partial charge in [0.2, 0.25) is 0 Å². The molecule has 0 unspecified atom stereocenters. The first-order chi connectivity index (χ1) is 9.62. The Bertz CT molecular complexity index is 570. The number of nitrogen functional groups attached to an aromatic ring is 1. The number of ether oxygens (including phenoxy) is 1. The lowest BCUT2D eigenvalue weighted by Crippen LogP contribution is -2.19. The SMILES string of the molecule is COc1ccc(N(C)Cc2nc(C)cc(NN)n2)cc1. The maximum absolute atomic E-state index is 5.39. The topological polar surface area (TPSA) is 76.3 Å². The molecular weight excluding hydrogens is 254 g/mol. The smallest absolute Gasteiger partial charge is 0.150 e. The number of aromatic nitrogens is 2. The van der Waals surface area contributed by atoms with Crippen molar-refractivity contribution in [2.24, 2.45) is 5.84 Å². The molecule has 3 N–H and O–H groups in total. The molecule has 1 heterocycles. The van der Waals surface area contributed by atoms with E-state index >= 15 is 0 Å². The second-order valence-corrected chi connectivity index (χ2v) is 4.51. The number of hydrogen-bond acceptors (Lipinski definition) is 6. The molecule has 1 aromatic heterocycles. The molecule has 106 valence electrons. The van der Waals surface area contributed by atoms with Crippen molar-refractivity contribution in [1.29, 1.82) is 0 Å². The number of hydrazine groups is 1. The third-order valence-corrected chi connectivity index (χ3v) is 2.94. The number of nitrogens with one attached hydrogen (secondary N) is 1. The Labute approximate surface area is 118 Å². The van der Waals surface area contributed by atoms with E-state index < -0.39 is 0 Å². The van der Waals surface area contributed by atoms with Gasteiger partial charge in [0.05, 0.1) is 13.7 Å². The predicted molar refractivity (Wildman–Crippen MR) is 79.7 cm³/mol. The van der Waals surface area contributed by atoms with Gasteiger partial charge < -0.3 is 15.1 Å². The van der Waals surface area contributed by atoms with E-state index in [0.29, 0.717) is 12.4 Å². The lowest BCUT2D eigenvalue weighted by molar-refractivity contribution is 0.415. The quantitative estimate of drug-likeness (QED) is 0.638. The second kappa shape index (κ2) is 6.21. The van der Waals surface area contributed by atoms with Crippen molar-refractivity contribution < 1.29 is 4.74 Å². The fourth-order valence-electron chi connectivity index (χ4n) is 1.91. The molecule has 0 aliphatic heterocycles. The van der Waals surface area contributed by atoms with Gasteiger partial charge in [-0.3, -0.25) is 0 Å². The summed E-state index contributed by atoms with van der Waals surface area (Å²) in [4.78, 5) is 10.8. The van der Waals surface area contributed by atoms with Crippen LogP contribution < -0.4 is 20.9 Å². The van der Waals surface area contributed by atoms with Gasteiger partial charge in [-0.05, 0) is 31.2 Å². The highest BCUT2D eigenvalue weighted by Gasteiger charge is 2.06. The summed E-state index contributed by atoms with van der Waals surface area (Å²) >= 11 is 0. The van der Waals surface area contributed by atoms with Crippen molar-refractivity contribution in [2.75, 3.05) is 24.5 Å². The number of benzene rings is 1. The number of methoxy groups -OCH3 is 1. The van der Waals surface area contributed by atoms with Gasteiger partial charge in [-0.15, -0.1) is 0 Å². The molecular formula is C14H19N5O. The van der Waals surface area contributed by atoms with Crippen LogP contribution in [-0.4, -0.2) is 24.1 Å². The summed E-state index contributed by atoms with van der Waals surface area (Å²) in [7, 11) is 3.64. The second-order valence-electron chi connectivity index (χ2n) is 4.51. The molecule has 0 spiro atoms. The van der Waals surface area contributed by atoms with E-state index in [1.54, 1.807) is 13.2 Å². The molecule has 0 radical (unpaired) electrons. The van der Waals surface area contributed by atoms with E-state index in [1.807, 2.05) is 38.2 Å². The number of anilines is 2. The molecule has 0 atom stereocenters. The van der Waals surface area contributed by atoms with Crippen molar-refractivity contribution in [2.45, 2.75) is 13.5 Å². The van der Waals surface area contributed by atoms with Crippen LogP contribution in [0.3, 0.4) is 0 Å². The van der Waals surface area contributed by atoms with Crippen molar-refractivity contribution in [3.8, 4) is 5.75 Å². The van der Waals surface area contributed by atoms with E-state index in [2.05, 4.69) is 20.3 Å². The minimum Gasteiger partial charge on any atom is -0.497 e. The van der Waals surface area contributed by atoms with E-state index in [-0.39, 0.29) is 0 Å². The van der Waals surface area contributed by atoms with Crippen LogP contribution in [0, 0.1) is 6.92 Å². The normalized spacial score (nSPS) is 10.2. The predicted octanol–water partition coefficient (Wildman–Crippen LogP) is 1.72. The number of nitrogens with two attached hydrogens (primary N) is 1. The molecule has 20 heavy (non-hydrogen) atoms. The maximum atomic E-state index is 5.39. The fourth-order valence-corrected chi connectivity index (χ4v) is 1.91. The summed E-state index contributed by atoms with van der Waals surface area (Å²) < 4.78 is 5.15. The minimum absolute atomic E-state index is 0.600. The molecule has 0 aliphatic carbocycles. The molecule has 6 nitrogen and oxygen atoms in total. The molecule has 1 aromatic carbocycles. The van der Waals surface area contributed by atoms with Gasteiger partial charge in [0.25, 0.3) is 0 Å². The monoisotopic (exact) mass is 273 g/mol. The summed E-state index contributed by atoms with van der Waals surface area (Å²) in [5.74, 6) is 7.57. The van der Waals surface area contributed by atoms with Crippen LogP contribution >= 0.6 is 0 Å². The molecule has 6 heteroatoms. The maximum Gasteiger partial charge on any atom is 0.150 e. The van der Waals surface area contributed by atoms with Crippen LogP contribution in [0.25, 0.3) is 0 Å². The third-order valence-electron chi connectivity index (χ3n) is 2.94. The average Bonchev–Trinajstić information content (AvgIpc) is 2.46. The highest BCUT2D eigenvalue weighted by atomic mass is 16.5. The molecule has 2 aromatic rings. The van der Waals surface area contributed by atoms with E-state index in [9.17, 15) is 0 Å². The van der Waals surface area contributed by atoms with Crippen LogP contribution in [0.4, 0.5) is 11.5 Å². The summed E-state index contributed by atoms with van der Waals surface area (Å²) in [5.41, 5.74) is 4.50. The van der Waals surface area contributed by atoms with Crippen LogP contribution in [0.5, 0.6) is 5.75 Å². The zero-order valence-electron chi connectivity index (χ0n) is 11.9. The van der Waals surface area contributed by atoms with Gasteiger partial charge in [0, 0.05) is 24.5 Å². The third kappa shape index (κ3) is 3.36. The fraction of sp³-hybridized carbons (Fsp3) is 0.286. The molecule has 2 rings (SSSR count). The Morgan fingerprint density at radius 1 is 1.25 bits per heavy atom. The van der Waals surface area contributed by atoms with E-state index in [4.69, 9.17) is 10.6 Å². The summed E-state index contributed by atoms with van der Waals surface area (Å²) in [6.45, 7) is 2.52. The minimum atomic E-state index is 0.600. The molecule has 0 bridgehead atoms. The molecule has 0 amide bonds. The number of aryl methyl sites for hydroxylation is 1. The molecule has 0 fully saturated rings. The first-order valence-electron chi connectivity index (χ1n) is 6.28. The Morgan fingerprint density at radius 3 is 2.55 bits per heavy atom. The van der Waals surface area contributed by atoms with Crippen molar-refractivity contribution in [3.05, 3.63) is 41.9 Å². The molecule has 0 saturated carbocycles. The van der Waals surface area contributed by atoms with E-state index in [0.717, 1.165) is 23.0 Å². The number of rotatable bonds is 5. The Hall–Kier alpha value is -2.34. The molecule has 0 saturated heterocycles. The van der Waals surface area contributed by atoms with Gasteiger partial charge >= 0.3 is 0 Å². The van der Waals surface area contributed by atoms with Gasteiger partial charge in [0.15, 0.2) is 0 Å². The zero-order valence-corrected chi connectivity index (χ0v) is 11.9. The zero-order chi connectivity index (χ0) is 14.5. The standard InChI is InChI=1S/C14H19N5O/c1-10-8-13(18-15)17-14(16-10)9-19(2)11-4-6-12(20-3)7-5-11/h4-8H,9,15H2,1-3H3,(H,16,17,18). The van der Waals surface area contributed by atoms with Crippen molar-refractivity contribution in [1.82, 2.24) is 9.97 Å². The Kier molecular flexibility index (Phi) is 4.37. The number of hydrogen-bond donors (Lipinski definition) is 2. The van der Waals surface area contributed by atoms with Crippen LogP contribution in [0.15, 0.2) is 30.3 Å². The van der Waals surface area contributed by atoms with Crippen molar-refractivity contribution >= 4 is 11.5 Å². The van der Waals surface area contributed by atoms with Gasteiger partial charge in [-0.1, -0.05) is 0 Å². The van der Waals surface area contributed by atoms with Crippen molar-refractivity contribution in [3.63, 3.8) is 0 Å². The van der Waals surface area contributed by atoms with E-state index in [1.165, 1.54) is 0 Å². The van der Waals surface area contributed by atoms with Gasteiger partial charge in [-0.2, -0.15) is 0 Å². The lowest BCUT2D eigenvalue weighted by Gasteiger charge is -2.19. The van der Waals surface area contributed by atoms with Crippen LogP contribution in [0.2, 0.25) is 0 Å². The van der Waals surface area contributed by atoms with Crippen LogP contribution in [0.1, 0.15) is 11.5 Å². The first kappa shape index (κ1) is 14.1. The summed E-state index contributed by atoms with van der Waals surface area (Å²) in [6, 6.07) is 9.65. The Balaban J connectivity index is 2.13.